The maximum absolute atomic E-state index is 12.2. The van der Waals surface area contributed by atoms with Gasteiger partial charge in [0.05, 0.1) is 48.8 Å². The van der Waals surface area contributed by atoms with Crippen LogP contribution in [0.4, 0.5) is 0 Å². The molecule has 2 spiro atoms. The molecule has 0 radical (unpaired) electrons. The molecular weight excluding hydrogens is 756 g/mol. The summed E-state index contributed by atoms with van der Waals surface area (Å²) < 4.78 is 37.8. The first-order valence-corrected chi connectivity index (χ1v) is 21.8. The van der Waals surface area contributed by atoms with Gasteiger partial charge in [-0.3, -0.25) is 4.79 Å². The smallest absolute Gasteiger partial charge is 0.303 e. The molecule has 0 aromatic rings. The Kier molecular flexibility index (Phi) is 10.7. The van der Waals surface area contributed by atoms with Gasteiger partial charge in [0, 0.05) is 12.8 Å². The second-order valence-electron chi connectivity index (χ2n) is 21.6. The molecule has 5 aliphatic carbocycles. The molecule has 21 atom stereocenters. The van der Waals surface area contributed by atoms with Gasteiger partial charge in [-0.25, -0.2) is 0 Å². The fraction of sp³-hybridized carbons (Fsp3) is 0.977. The van der Waals surface area contributed by atoms with Crippen molar-refractivity contribution in [2.45, 2.75) is 204 Å². The molecule has 0 aromatic heterocycles. The van der Waals surface area contributed by atoms with Crippen molar-refractivity contribution in [3.63, 3.8) is 0 Å². The van der Waals surface area contributed by atoms with Gasteiger partial charge in [0.15, 0.2) is 18.7 Å². The topological polar surface area (TPSA) is 234 Å². The zero-order chi connectivity index (χ0) is 42.3. The highest BCUT2D eigenvalue weighted by molar-refractivity contribution is 5.66. The van der Waals surface area contributed by atoms with Crippen LogP contribution in [0.3, 0.4) is 0 Å². The van der Waals surface area contributed by atoms with Crippen molar-refractivity contribution in [2.75, 3.05) is 13.2 Å². The highest BCUT2D eigenvalue weighted by Crippen LogP contribution is 2.89. The summed E-state index contributed by atoms with van der Waals surface area (Å²) >= 11 is 0. The Hall–Kier alpha value is -1.05. The lowest BCUT2D eigenvalue weighted by molar-refractivity contribution is -0.339. The molecule has 8 N–H and O–H groups in total. The van der Waals surface area contributed by atoms with Crippen LogP contribution < -0.4 is 0 Å². The molecule has 10 unspecified atom stereocenters. The largest absolute Gasteiger partial charge is 0.454 e. The van der Waals surface area contributed by atoms with Gasteiger partial charge in [-0.15, -0.1) is 0 Å². The predicted molar refractivity (Wildman–Crippen MR) is 203 cm³/mol. The van der Waals surface area contributed by atoms with Crippen LogP contribution in [-0.2, 0) is 33.2 Å². The summed E-state index contributed by atoms with van der Waals surface area (Å²) in [4.78, 5) is 12.1. The summed E-state index contributed by atoms with van der Waals surface area (Å²) in [5.41, 5.74) is -3.32. The van der Waals surface area contributed by atoms with Gasteiger partial charge < -0.3 is 69.3 Å². The lowest BCUT2D eigenvalue weighted by Crippen LogP contribution is -2.65. The minimum Gasteiger partial charge on any atom is -0.454 e. The Morgan fingerprint density at radius 2 is 1.50 bits per heavy atom. The molecule has 8 aliphatic rings. The van der Waals surface area contributed by atoms with Crippen molar-refractivity contribution in [1.29, 1.82) is 0 Å². The van der Waals surface area contributed by atoms with Crippen molar-refractivity contribution in [3.05, 3.63) is 0 Å². The Bertz CT molecular complexity index is 1570. The van der Waals surface area contributed by atoms with Gasteiger partial charge in [0.25, 0.3) is 0 Å². The zero-order valence-corrected chi connectivity index (χ0v) is 35.5. The molecule has 3 aliphatic heterocycles. The highest BCUT2D eigenvalue weighted by Gasteiger charge is 2.85. The Balaban J connectivity index is 1.15. The number of hydrogen-bond donors (Lipinski definition) is 8. The minimum absolute atomic E-state index is 0.0829. The summed E-state index contributed by atoms with van der Waals surface area (Å²) in [5, 5.41) is 87.3. The number of aliphatic hydroxyl groups excluding tert-OH is 7. The van der Waals surface area contributed by atoms with Gasteiger partial charge in [-0.2, -0.15) is 0 Å². The van der Waals surface area contributed by atoms with Crippen molar-refractivity contribution < 1.29 is 74.1 Å². The van der Waals surface area contributed by atoms with Crippen LogP contribution in [0.2, 0.25) is 0 Å². The van der Waals surface area contributed by atoms with E-state index in [0.29, 0.717) is 25.7 Å². The van der Waals surface area contributed by atoms with Crippen molar-refractivity contribution in [2.24, 2.45) is 44.8 Å². The fourth-order valence-electron chi connectivity index (χ4n) is 15.2. The number of hydrogen-bond acceptors (Lipinski definition) is 15. The van der Waals surface area contributed by atoms with E-state index in [1.807, 2.05) is 0 Å². The van der Waals surface area contributed by atoms with Crippen LogP contribution in [-0.4, -0.2) is 151 Å². The maximum Gasteiger partial charge on any atom is 0.303 e. The van der Waals surface area contributed by atoms with E-state index in [1.165, 1.54) is 6.92 Å². The van der Waals surface area contributed by atoms with E-state index in [-0.39, 0.29) is 52.1 Å². The van der Waals surface area contributed by atoms with E-state index in [0.717, 1.165) is 32.1 Å². The average Bonchev–Trinajstić information content (AvgIpc) is 3.50. The molecule has 0 amide bonds. The van der Waals surface area contributed by atoms with Gasteiger partial charge in [0.1, 0.15) is 36.6 Å². The van der Waals surface area contributed by atoms with Crippen molar-refractivity contribution >= 4 is 5.97 Å². The number of fused-ring (bicyclic) bond motifs is 2. The van der Waals surface area contributed by atoms with Crippen LogP contribution in [0, 0.1) is 44.8 Å². The molecule has 8 rings (SSSR count). The first-order valence-electron chi connectivity index (χ1n) is 21.8. The van der Waals surface area contributed by atoms with E-state index in [1.54, 1.807) is 13.8 Å². The third-order valence-electron chi connectivity index (χ3n) is 17.9. The number of carbonyl (C=O) groups excluding carboxylic acids is 1. The van der Waals surface area contributed by atoms with E-state index < -0.39 is 103 Å². The number of rotatable bonds is 8. The number of carbonyl (C=O) groups is 1. The molecule has 15 nitrogen and oxygen atoms in total. The molecule has 8 fully saturated rings. The normalized spacial score (nSPS) is 56.1. The quantitative estimate of drug-likeness (QED) is 0.127. The molecule has 0 bridgehead atoms. The summed E-state index contributed by atoms with van der Waals surface area (Å²) in [6.45, 7) is 15.0. The maximum atomic E-state index is 12.2. The molecule has 58 heavy (non-hydrogen) atoms. The van der Waals surface area contributed by atoms with Gasteiger partial charge >= 0.3 is 5.97 Å². The standard InChI is InChI=1S/C43H70O15/c1-20(45)54-32-28(48)22(47)18-53-36(32)57-26-10-12-43-19-42(43)14-13-39(6)33(41(8)11-9-27(58-41)38(4,5)52)21(46)16-40(39,7)25(42)15-23(34(43)37(26,2)3)55-35-31(51)30(50)29(49)24(17-44)56-35/h21-36,44,46-52H,9-19H2,1-8H3/t21?,22-,23?,24-,25?,26?,27?,28+,29-,30+,31-,32-,33?,34?,35-,36+,39?,40+,41-,42?,43?/m1/s1. The molecule has 332 valence electrons. The molecular formula is C43H70O15. The lowest BCUT2D eigenvalue weighted by atomic mass is 9.41. The monoisotopic (exact) mass is 826 g/mol. The summed E-state index contributed by atoms with van der Waals surface area (Å²) in [7, 11) is 0. The summed E-state index contributed by atoms with van der Waals surface area (Å²) in [5.74, 6) is -0.931. The second kappa shape index (κ2) is 14.2. The Morgan fingerprint density at radius 3 is 2.14 bits per heavy atom. The van der Waals surface area contributed by atoms with Crippen LogP contribution in [0.15, 0.2) is 0 Å². The van der Waals surface area contributed by atoms with E-state index in [2.05, 4.69) is 34.6 Å². The molecule has 0 aromatic carbocycles. The molecule has 3 heterocycles. The molecule has 15 heteroatoms. The van der Waals surface area contributed by atoms with E-state index in [4.69, 9.17) is 28.4 Å². The van der Waals surface area contributed by atoms with Crippen molar-refractivity contribution in [3.8, 4) is 0 Å². The SMILES string of the molecule is CC(=O)O[C@H]1[C@H](OC2CCC34CC35CCC3(C)C([C@@]6(C)CCC(C(C)(C)O)O6)C(O)C[C@@]3(C)C5CC(O[C@@H]3O[C@H](CO)[C@@H](O)[C@H](O)[C@H]3O)C4C2(C)C)OC[C@@H](O)[C@@H]1O. The third kappa shape index (κ3) is 6.17. The number of aliphatic hydroxyl groups is 8. The van der Waals surface area contributed by atoms with E-state index in [9.17, 15) is 45.6 Å². The predicted octanol–water partition coefficient (Wildman–Crippen LogP) is 1.29. The van der Waals surface area contributed by atoms with Crippen molar-refractivity contribution in [1.82, 2.24) is 0 Å². The highest BCUT2D eigenvalue weighted by atomic mass is 16.7. The van der Waals surface area contributed by atoms with Crippen LogP contribution in [0.25, 0.3) is 0 Å². The zero-order valence-electron chi connectivity index (χ0n) is 35.5. The third-order valence-corrected chi connectivity index (χ3v) is 17.9. The second-order valence-corrected chi connectivity index (χ2v) is 21.6. The van der Waals surface area contributed by atoms with E-state index >= 15 is 0 Å². The Morgan fingerprint density at radius 1 is 0.793 bits per heavy atom. The number of esters is 1. The number of ether oxygens (including phenoxy) is 6. The Labute approximate surface area is 341 Å². The van der Waals surface area contributed by atoms with Crippen LogP contribution >= 0.6 is 0 Å². The fourth-order valence-corrected chi connectivity index (χ4v) is 15.2. The summed E-state index contributed by atoms with van der Waals surface area (Å²) in [6.07, 6.45) is -7.66. The molecule has 3 saturated heterocycles. The first kappa shape index (κ1) is 43.6. The molecule has 5 saturated carbocycles. The lowest BCUT2D eigenvalue weighted by Gasteiger charge is -2.65. The average molecular weight is 827 g/mol. The minimum atomic E-state index is -1.62. The first-order chi connectivity index (χ1) is 26.9. The van der Waals surface area contributed by atoms with Gasteiger partial charge in [-0.05, 0) is 117 Å². The van der Waals surface area contributed by atoms with Gasteiger partial charge in [-0.1, -0.05) is 27.7 Å². The van der Waals surface area contributed by atoms with Crippen LogP contribution in [0.1, 0.15) is 113 Å². The van der Waals surface area contributed by atoms with Crippen LogP contribution in [0.5, 0.6) is 0 Å². The summed E-state index contributed by atoms with van der Waals surface area (Å²) in [6, 6.07) is 0. The van der Waals surface area contributed by atoms with Gasteiger partial charge in [0.2, 0.25) is 0 Å².